The van der Waals surface area contributed by atoms with Gasteiger partial charge >= 0.3 is 0 Å². The molecule has 0 unspecified atom stereocenters. The molecular weight excluding hydrogens is 476 g/mol. The summed E-state index contributed by atoms with van der Waals surface area (Å²) >= 11 is 0. The lowest BCUT2D eigenvalue weighted by atomic mass is 9.76. The van der Waals surface area contributed by atoms with Crippen LogP contribution in [0, 0.1) is 5.92 Å². The second-order valence-corrected chi connectivity index (χ2v) is 11.4. The van der Waals surface area contributed by atoms with Crippen molar-refractivity contribution in [2.45, 2.75) is 50.0 Å². The van der Waals surface area contributed by atoms with Crippen LogP contribution in [-0.2, 0) is 6.42 Å². The van der Waals surface area contributed by atoms with Crippen LogP contribution in [0.25, 0.3) is 22.3 Å². The van der Waals surface area contributed by atoms with E-state index in [2.05, 4.69) is 39.7 Å². The van der Waals surface area contributed by atoms with Crippen molar-refractivity contribution >= 4 is 22.8 Å². The van der Waals surface area contributed by atoms with Gasteiger partial charge in [0.1, 0.15) is 0 Å². The van der Waals surface area contributed by atoms with Gasteiger partial charge < -0.3 is 5.32 Å². The lowest BCUT2D eigenvalue weighted by molar-refractivity contribution is 0.0879. The maximum atomic E-state index is 12.0. The summed E-state index contributed by atoms with van der Waals surface area (Å²) in [6, 6.07) is 12.5. The number of hydrogen-bond donors (Lipinski definition) is 2. The molecule has 8 nitrogen and oxygen atoms in total. The Labute approximate surface area is 219 Å². The number of imide groups is 1. The molecule has 8 heteroatoms. The van der Waals surface area contributed by atoms with Crippen LogP contribution in [0.1, 0.15) is 81.1 Å². The average molecular weight is 505 g/mol. The Morgan fingerprint density at radius 1 is 0.895 bits per heavy atom. The Hall–Kier alpha value is -3.91. The molecule has 2 aliphatic carbocycles. The number of nitrogens with zero attached hydrogens (tertiary/aromatic N) is 4. The van der Waals surface area contributed by atoms with Crippen LogP contribution in [0.15, 0.2) is 48.8 Å². The molecule has 2 saturated carbocycles. The van der Waals surface area contributed by atoms with Crippen molar-refractivity contribution in [1.82, 2.24) is 30.4 Å². The van der Waals surface area contributed by atoms with Crippen LogP contribution >= 0.6 is 0 Å². The number of fused-ring (bicyclic) bond motifs is 2. The number of nitrogens with one attached hydrogen (secondary N) is 2. The first-order valence-corrected chi connectivity index (χ1v) is 13.6. The van der Waals surface area contributed by atoms with E-state index in [4.69, 9.17) is 15.1 Å². The molecule has 1 saturated heterocycles. The number of carbonyl (C=O) groups excluding carboxylic acids is 2. The minimum absolute atomic E-state index is 0.289. The van der Waals surface area contributed by atoms with Gasteiger partial charge in [0.05, 0.1) is 45.8 Å². The highest BCUT2D eigenvalue weighted by atomic mass is 16.2. The topological polar surface area (TPSA) is 102 Å². The Balaban J connectivity index is 1.02. The van der Waals surface area contributed by atoms with E-state index in [0.717, 1.165) is 65.9 Å². The van der Waals surface area contributed by atoms with Gasteiger partial charge in [0.25, 0.3) is 11.8 Å². The number of aromatic nitrogens is 4. The molecule has 2 aromatic heterocycles. The van der Waals surface area contributed by atoms with Crippen LogP contribution in [0.4, 0.5) is 0 Å². The van der Waals surface area contributed by atoms with Gasteiger partial charge in [0.2, 0.25) is 0 Å². The largest absolute Gasteiger partial charge is 0.315 e. The fourth-order valence-corrected chi connectivity index (χ4v) is 6.14. The molecule has 4 aromatic rings. The summed E-state index contributed by atoms with van der Waals surface area (Å²) in [6.45, 7) is 2.06. The van der Waals surface area contributed by atoms with Gasteiger partial charge in [-0.3, -0.25) is 24.6 Å². The first-order chi connectivity index (χ1) is 18.6. The lowest BCUT2D eigenvalue weighted by Gasteiger charge is -2.35. The first-order valence-electron chi connectivity index (χ1n) is 13.6. The highest BCUT2D eigenvalue weighted by molar-refractivity contribution is 6.21. The van der Waals surface area contributed by atoms with Gasteiger partial charge in [-0.25, -0.2) is 4.98 Å². The summed E-state index contributed by atoms with van der Waals surface area (Å²) in [5.41, 5.74) is 8.51. The molecule has 0 spiro atoms. The van der Waals surface area contributed by atoms with Crippen molar-refractivity contribution in [2.24, 2.45) is 5.92 Å². The molecule has 0 bridgehead atoms. The molecule has 0 atom stereocenters. The van der Waals surface area contributed by atoms with Gasteiger partial charge in [0, 0.05) is 36.7 Å². The summed E-state index contributed by atoms with van der Waals surface area (Å²) in [4.78, 5) is 33.6. The third kappa shape index (κ3) is 3.66. The predicted molar refractivity (Wildman–Crippen MR) is 142 cm³/mol. The summed E-state index contributed by atoms with van der Waals surface area (Å²) in [5.74, 6) is 1.04. The van der Waals surface area contributed by atoms with Crippen molar-refractivity contribution in [2.75, 3.05) is 13.1 Å². The van der Waals surface area contributed by atoms with Gasteiger partial charge in [-0.2, -0.15) is 5.10 Å². The van der Waals surface area contributed by atoms with E-state index >= 15 is 0 Å². The van der Waals surface area contributed by atoms with Crippen LogP contribution in [0.2, 0.25) is 0 Å². The maximum absolute atomic E-state index is 12.0. The second-order valence-electron chi connectivity index (χ2n) is 11.4. The quantitative estimate of drug-likeness (QED) is 0.383. The number of benzene rings is 2. The second kappa shape index (κ2) is 8.30. The van der Waals surface area contributed by atoms with Crippen LogP contribution in [0.5, 0.6) is 0 Å². The molecule has 2 aliphatic heterocycles. The van der Waals surface area contributed by atoms with Gasteiger partial charge in [-0.05, 0) is 73.4 Å². The maximum Gasteiger partial charge on any atom is 0.258 e. The minimum Gasteiger partial charge on any atom is -0.315 e. The first kappa shape index (κ1) is 22.1. The van der Waals surface area contributed by atoms with Crippen LogP contribution in [-0.4, -0.2) is 44.7 Å². The third-order valence-electron chi connectivity index (χ3n) is 8.73. The molecule has 38 heavy (non-hydrogen) atoms. The predicted octanol–water partition coefficient (Wildman–Crippen LogP) is 4.13. The Morgan fingerprint density at radius 2 is 1.74 bits per heavy atom. The Bertz CT molecular complexity index is 1630. The summed E-state index contributed by atoms with van der Waals surface area (Å²) in [5, 5.41) is 10.8. The molecule has 4 heterocycles. The molecule has 2 aromatic carbocycles. The number of amides is 2. The number of rotatable bonds is 6. The van der Waals surface area contributed by atoms with E-state index in [-0.39, 0.29) is 11.8 Å². The summed E-state index contributed by atoms with van der Waals surface area (Å²) in [7, 11) is 0. The highest BCUT2D eigenvalue weighted by Crippen LogP contribution is 2.46. The average Bonchev–Trinajstić information content (AvgIpc) is 3.56. The lowest BCUT2D eigenvalue weighted by Crippen LogP contribution is -2.39. The van der Waals surface area contributed by atoms with Crippen molar-refractivity contribution < 1.29 is 9.59 Å². The van der Waals surface area contributed by atoms with E-state index in [0.29, 0.717) is 34.9 Å². The summed E-state index contributed by atoms with van der Waals surface area (Å²) < 4.78 is 2.16. The van der Waals surface area contributed by atoms with Crippen molar-refractivity contribution in [3.63, 3.8) is 0 Å². The Morgan fingerprint density at radius 3 is 2.53 bits per heavy atom. The highest BCUT2D eigenvalue weighted by Gasteiger charge is 2.36. The van der Waals surface area contributed by atoms with Crippen molar-refractivity contribution in [3.05, 3.63) is 76.7 Å². The fraction of sp³-hybridized carbons (Fsp3) is 0.367. The van der Waals surface area contributed by atoms with E-state index in [9.17, 15) is 9.59 Å². The zero-order valence-electron chi connectivity index (χ0n) is 21.0. The smallest absolute Gasteiger partial charge is 0.258 e. The monoisotopic (exact) mass is 504 g/mol. The van der Waals surface area contributed by atoms with Crippen LogP contribution in [0.3, 0.4) is 0 Å². The summed E-state index contributed by atoms with van der Waals surface area (Å²) in [6.07, 6.45) is 9.47. The molecule has 3 fully saturated rings. The zero-order valence-corrected chi connectivity index (χ0v) is 21.0. The van der Waals surface area contributed by atoms with Crippen LogP contribution < -0.4 is 10.6 Å². The number of carbonyl (C=O) groups is 2. The standard InChI is InChI=1S/C30H28N6O2/c37-29-22-5-1-16(10-23(22)30(38)34-29)7-17-8-21(9-17)36-15-24(28(35-36)18-2-3-18)27-14-32-25-6-4-19(11-26(25)33-27)20-12-31-13-20/h1,4-6,10-11,14-15,17-18,20-21,31H,2-3,7-9,12-13H2,(H,34,37,38). The fourth-order valence-electron chi connectivity index (χ4n) is 6.14. The van der Waals surface area contributed by atoms with Crippen molar-refractivity contribution in [1.29, 1.82) is 0 Å². The molecule has 8 rings (SSSR count). The van der Waals surface area contributed by atoms with Gasteiger partial charge in [0.15, 0.2) is 0 Å². The van der Waals surface area contributed by atoms with E-state index in [1.165, 1.54) is 18.4 Å². The zero-order chi connectivity index (χ0) is 25.4. The molecule has 2 N–H and O–H groups in total. The van der Waals surface area contributed by atoms with Gasteiger partial charge in [-0.15, -0.1) is 0 Å². The molecule has 0 radical (unpaired) electrons. The molecule has 2 amide bonds. The van der Waals surface area contributed by atoms with E-state index in [1.807, 2.05) is 18.3 Å². The minimum atomic E-state index is -0.298. The molecule has 4 aliphatic rings. The molecule has 190 valence electrons. The molecular formula is C30H28N6O2. The third-order valence-corrected chi connectivity index (χ3v) is 8.73. The number of hydrogen-bond acceptors (Lipinski definition) is 6. The van der Waals surface area contributed by atoms with Gasteiger partial charge in [-0.1, -0.05) is 12.1 Å². The van der Waals surface area contributed by atoms with Crippen molar-refractivity contribution in [3.8, 4) is 11.3 Å². The SMILES string of the molecule is O=C1NC(=O)c2cc(CC3CC(n4cc(-c5cnc6ccc(C7CNC7)cc6n5)c(C5CC5)n4)C3)ccc21. The normalized spacial score (nSPS) is 22.7. The van der Waals surface area contributed by atoms with E-state index < -0.39 is 0 Å². The Kier molecular flexibility index (Phi) is 4.83. The van der Waals surface area contributed by atoms with E-state index in [1.54, 1.807) is 6.07 Å².